The van der Waals surface area contributed by atoms with E-state index in [1.54, 1.807) is 42.7 Å². The second kappa shape index (κ2) is 5.41. The number of fused-ring (bicyclic) bond motifs is 1. The SMILES string of the molecule is COc1ccc(NC(=O)c2ccc3nccn3n2)cc1Cl. The van der Waals surface area contributed by atoms with Crippen LogP contribution in [0.15, 0.2) is 42.7 Å². The number of ether oxygens (including phenoxy) is 1. The van der Waals surface area contributed by atoms with Crippen LogP contribution in [0.1, 0.15) is 10.5 Å². The summed E-state index contributed by atoms with van der Waals surface area (Å²) >= 11 is 6.02. The normalized spacial score (nSPS) is 10.6. The van der Waals surface area contributed by atoms with E-state index < -0.39 is 0 Å². The zero-order valence-corrected chi connectivity index (χ0v) is 11.8. The molecule has 0 radical (unpaired) electrons. The van der Waals surface area contributed by atoms with E-state index in [9.17, 15) is 4.79 Å². The van der Waals surface area contributed by atoms with Gasteiger partial charge in [0.2, 0.25) is 0 Å². The van der Waals surface area contributed by atoms with Gasteiger partial charge in [0.25, 0.3) is 5.91 Å². The predicted octanol–water partition coefficient (Wildman–Crippen LogP) is 2.64. The van der Waals surface area contributed by atoms with Gasteiger partial charge in [-0.05, 0) is 30.3 Å². The highest BCUT2D eigenvalue weighted by atomic mass is 35.5. The lowest BCUT2D eigenvalue weighted by Crippen LogP contribution is -2.15. The molecule has 2 aromatic heterocycles. The number of aromatic nitrogens is 3. The van der Waals surface area contributed by atoms with Crippen molar-refractivity contribution in [3.63, 3.8) is 0 Å². The number of halogens is 1. The minimum atomic E-state index is -0.327. The van der Waals surface area contributed by atoms with E-state index in [1.165, 1.54) is 11.6 Å². The van der Waals surface area contributed by atoms with Gasteiger partial charge in [-0.1, -0.05) is 11.6 Å². The lowest BCUT2D eigenvalue weighted by Gasteiger charge is -2.07. The maximum atomic E-state index is 12.2. The second-order valence-corrected chi connectivity index (χ2v) is 4.66. The zero-order chi connectivity index (χ0) is 14.8. The van der Waals surface area contributed by atoms with Crippen molar-refractivity contribution in [3.8, 4) is 5.75 Å². The van der Waals surface area contributed by atoms with Crippen molar-refractivity contribution in [2.24, 2.45) is 0 Å². The summed E-state index contributed by atoms with van der Waals surface area (Å²) in [5.41, 5.74) is 1.53. The summed E-state index contributed by atoms with van der Waals surface area (Å²) in [6, 6.07) is 8.35. The van der Waals surface area contributed by atoms with Crippen LogP contribution >= 0.6 is 11.6 Å². The molecular formula is C14H11ClN4O2. The quantitative estimate of drug-likeness (QED) is 0.807. The average molecular weight is 303 g/mol. The number of hydrogen-bond acceptors (Lipinski definition) is 4. The van der Waals surface area contributed by atoms with Crippen molar-refractivity contribution in [1.29, 1.82) is 0 Å². The second-order valence-electron chi connectivity index (χ2n) is 4.25. The fraction of sp³-hybridized carbons (Fsp3) is 0.0714. The first-order valence-corrected chi connectivity index (χ1v) is 6.50. The highest BCUT2D eigenvalue weighted by molar-refractivity contribution is 6.32. The molecule has 0 spiro atoms. The van der Waals surface area contributed by atoms with E-state index in [-0.39, 0.29) is 11.6 Å². The van der Waals surface area contributed by atoms with Gasteiger partial charge in [-0.3, -0.25) is 4.79 Å². The summed E-state index contributed by atoms with van der Waals surface area (Å²) in [7, 11) is 1.53. The molecule has 2 heterocycles. The maximum absolute atomic E-state index is 12.2. The van der Waals surface area contributed by atoms with Crippen molar-refractivity contribution in [1.82, 2.24) is 14.6 Å². The molecule has 0 saturated heterocycles. The molecule has 0 aliphatic heterocycles. The summed E-state index contributed by atoms with van der Waals surface area (Å²) in [4.78, 5) is 16.2. The Morgan fingerprint density at radius 3 is 2.95 bits per heavy atom. The molecule has 3 rings (SSSR count). The van der Waals surface area contributed by atoms with Crippen LogP contribution in [0, 0.1) is 0 Å². The number of carbonyl (C=O) groups excluding carboxylic acids is 1. The fourth-order valence-electron chi connectivity index (χ4n) is 1.88. The average Bonchev–Trinajstić information content (AvgIpc) is 2.94. The first-order chi connectivity index (χ1) is 10.2. The lowest BCUT2D eigenvalue weighted by molar-refractivity contribution is 0.102. The van der Waals surface area contributed by atoms with Crippen LogP contribution in [0.2, 0.25) is 5.02 Å². The number of rotatable bonds is 3. The zero-order valence-electron chi connectivity index (χ0n) is 11.1. The van der Waals surface area contributed by atoms with Crippen molar-refractivity contribution in [3.05, 3.63) is 53.4 Å². The van der Waals surface area contributed by atoms with E-state index in [2.05, 4.69) is 15.4 Å². The topological polar surface area (TPSA) is 68.5 Å². The molecule has 0 saturated carbocycles. The van der Waals surface area contributed by atoms with Gasteiger partial charge in [0, 0.05) is 18.1 Å². The van der Waals surface area contributed by atoms with Crippen LogP contribution in [0.4, 0.5) is 5.69 Å². The molecule has 1 amide bonds. The van der Waals surface area contributed by atoms with E-state index in [1.807, 2.05) is 0 Å². The number of nitrogens with one attached hydrogen (secondary N) is 1. The van der Waals surface area contributed by atoms with Crippen molar-refractivity contribution in [2.45, 2.75) is 0 Å². The third-order valence-corrected chi connectivity index (χ3v) is 3.19. The highest BCUT2D eigenvalue weighted by Crippen LogP contribution is 2.27. The molecule has 0 fully saturated rings. The monoisotopic (exact) mass is 302 g/mol. The van der Waals surface area contributed by atoms with E-state index in [0.717, 1.165) is 0 Å². The van der Waals surface area contributed by atoms with Crippen molar-refractivity contribution < 1.29 is 9.53 Å². The molecule has 0 bridgehead atoms. The Kier molecular flexibility index (Phi) is 3.45. The van der Waals surface area contributed by atoms with Crippen LogP contribution in [-0.2, 0) is 0 Å². The molecule has 1 aromatic carbocycles. The van der Waals surface area contributed by atoms with Crippen molar-refractivity contribution in [2.75, 3.05) is 12.4 Å². The molecule has 0 unspecified atom stereocenters. The third kappa shape index (κ3) is 2.66. The van der Waals surface area contributed by atoms with Gasteiger partial charge in [-0.2, -0.15) is 5.10 Å². The summed E-state index contributed by atoms with van der Waals surface area (Å²) in [6.07, 6.45) is 3.30. The molecule has 21 heavy (non-hydrogen) atoms. The van der Waals surface area contributed by atoms with Gasteiger partial charge in [-0.15, -0.1) is 0 Å². The molecule has 3 aromatic rings. The molecule has 6 nitrogen and oxygen atoms in total. The minimum absolute atomic E-state index is 0.285. The van der Waals surface area contributed by atoms with Crippen molar-refractivity contribution >= 4 is 28.8 Å². The molecule has 0 aliphatic carbocycles. The van der Waals surface area contributed by atoms with Crippen LogP contribution < -0.4 is 10.1 Å². The highest BCUT2D eigenvalue weighted by Gasteiger charge is 2.10. The number of nitrogens with zero attached hydrogens (tertiary/aromatic N) is 3. The standard InChI is InChI=1S/C14H11ClN4O2/c1-21-12-4-2-9(8-10(12)15)17-14(20)11-3-5-13-16-6-7-19(13)18-11/h2-8H,1H3,(H,17,20). The molecule has 1 N–H and O–H groups in total. The number of imidazole rings is 1. The number of amides is 1. The summed E-state index contributed by atoms with van der Waals surface area (Å²) in [5, 5.41) is 7.33. The minimum Gasteiger partial charge on any atom is -0.495 e. The Bertz CT molecular complexity index is 816. The Morgan fingerprint density at radius 1 is 1.33 bits per heavy atom. The maximum Gasteiger partial charge on any atom is 0.276 e. The lowest BCUT2D eigenvalue weighted by atomic mass is 10.3. The summed E-state index contributed by atoms with van der Waals surface area (Å²) in [6.45, 7) is 0. The van der Waals surface area contributed by atoms with E-state index in [4.69, 9.17) is 16.3 Å². The van der Waals surface area contributed by atoms with Gasteiger partial charge in [0.15, 0.2) is 5.65 Å². The van der Waals surface area contributed by atoms with Gasteiger partial charge >= 0.3 is 0 Å². The van der Waals surface area contributed by atoms with E-state index >= 15 is 0 Å². The number of anilines is 1. The van der Waals surface area contributed by atoms with E-state index in [0.29, 0.717) is 22.1 Å². The number of carbonyl (C=O) groups is 1. The smallest absolute Gasteiger partial charge is 0.276 e. The Balaban J connectivity index is 1.83. The Labute approximate surface area is 125 Å². The third-order valence-electron chi connectivity index (χ3n) is 2.90. The first-order valence-electron chi connectivity index (χ1n) is 6.12. The van der Waals surface area contributed by atoms with Crippen LogP contribution in [0.25, 0.3) is 5.65 Å². The van der Waals surface area contributed by atoms with Gasteiger partial charge in [0.1, 0.15) is 11.4 Å². The van der Waals surface area contributed by atoms with Gasteiger partial charge in [0.05, 0.1) is 12.1 Å². The molecule has 0 atom stereocenters. The molecular weight excluding hydrogens is 292 g/mol. The summed E-state index contributed by atoms with van der Waals surface area (Å²) in [5.74, 6) is 0.222. The number of hydrogen-bond donors (Lipinski definition) is 1. The fourth-order valence-corrected chi connectivity index (χ4v) is 2.13. The van der Waals surface area contributed by atoms with Crippen LogP contribution in [0.5, 0.6) is 5.75 Å². The number of methoxy groups -OCH3 is 1. The molecule has 0 aliphatic rings. The molecule has 7 heteroatoms. The molecule has 106 valence electrons. The van der Waals surface area contributed by atoms with Gasteiger partial charge in [-0.25, -0.2) is 9.50 Å². The number of benzene rings is 1. The first kappa shape index (κ1) is 13.4. The van der Waals surface area contributed by atoms with Crippen LogP contribution in [-0.4, -0.2) is 27.6 Å². The Morgan fingerprint density at radius 2 is 2.19 bits per heavy atom. The predicted molar refractivity (Wildman–Crippen MR) is 78.9 cm³/mol. The van der Waals surface area contributed by atoms with Gasteiger partial charge < -0.3 is 10.1 Å². The Hall–Kier alpha value is -2.60. The summed E-state index contributed by atoms with van der Waals surface area (Å²) < 4.78 is 6.60. The van der Waals surface area contributed by atoms with Crippen LogP contribution in [0.3, 0.4) is 0 Å². The largest absolute Gasteiger partial charge is 0.495 e.